The maximum atomic E-state index is 5.72. The van der Waals surface area contributed by atoms with E-state index in [-0.39, 0.29) is 0 Å². The summed E-state index contributed by atoms with van der Waals surface area (Å²) < 4.78 is 5.72. The van der Waals surface area contributed by atoms with Gasteiger partial charge in [0, 0.05) is 17.2 Å². The van der Waals surface area contributed by atoms with Gasteiger partial charge >= 0.3 is 0 Å². The Morgan fingerprint density at radius 2 is 1.80 bits per heavy atom. The zero-order chi connectivity index (χ0) is 14.2. The Hall–Kier alpha value is -1.45. The molecule has 0 saturated heterocycles. The maximum Gasteiger partial charge on any atom is 0.119 e. The van der Waals surface area contributed by atoms with Gasteiger partial charge in [-0.15, -0.1) is 11.8 Å². The van der Waals surface area contributed by atoms with Crippen LogP contribution in [0.4, 0.5) is 0 Å². The highest BCUT2D eigenvalue weighted by Crippen LogP contribution is 2.22. The lowest BCUT2D eigenvalue weighted by Gasteiger charge is -2.07. The van der Waals surface area contributed by atoms with E-state index in [1.54, 1.807) is 0 Å². The summed E-state index contributed by atoms with van der Waals surface area (Å²) in [7, 11) is 0. The minimum Gasteiger partial charge on any atom is -0.494 e. The zero-order valence-corrected chi connectivity index (χ0v) is 12.7. The van der Waals surface area contributed by atoms with Crippen LogP contribution in [0.1, 0.15) is 17.5 Å². The smallest absolute Gasteiger partial charge is 0.119 e. The number of hydrogen-bond donors (Lipinski definition) is 1. The van der Waals surface area contributed by atoms with Crippen LogP contribution in [0, 0.1) is 6.92 Å². The molecule has 0 heterocycles. The highest BCUT2D eigenvalue weighted by atomic mass is 32.2. The Balaban J connectivity index is 1.67. The molecule has 0 aliphatic rings. The predicted molar refractivity (Wildman–Crippen MR) is 86.3 cm³/mol. The fourth-order valence-electron chi connectivity index (χ4n) is 1.87. The van der Waals surface area contributed by atoms with Crippen molar-refractivity contribution >= 4 is 11.8 Å². The van der Waals surface area contributed by atoms with Crippen LogP contribution in [0.5, 0.6) is 5.75 Å². The lowest BCUT2D eigenvalue weighted by Crippen LogP contribution is -2.00. The van der Waals surface area contributed by atoms with Crippen LogP contribution >= 0.6 is 11.8 Å². The third kappa shape index (κ3) is 4.58. The third-order valence-corrected chi connectivity index (χ3v) is 4.33. The van der Waals surface area contributed by atoms with Crippen molar-refractivity contribution in [3.63, 3.8) is 0 Å². The average Bonchev–Trinajstić information content (AvgIpc) is 2.49. The second kappa shape index (κ2) is 7.98. The van der Waals surface area contributed by atoms with E-state index in [2.05, 4.69) is 31.2 Å². The fraction of sp³-hybridized carbons (Fsp3) is 0.294. The normalized spacial score (nSPS) is 10.5. The zero-order valence-electron chi connectivity index (χ0n) is 11.8. The predicted octanol–water partition coefficient (Wildman–Crippen LogP) is 4.01. The van der Waals surface area contributed by atoms with Crippen LogP contribution in [0.3, 0.4) is 0 Å². The molecule has 0 unspecified atom stereocenters. The van der Waals surface area contributed by atoms with Crippen molar-refractivity contribution in [3.05, 3.63) is 59.7 Å². The third-order valence-electron chi connectivity index (χ3n) is 3.07. The topological polar surface area (TPSA) is 35.2 Å². The quantitative estimate of drug-likeness (QED) is 0.617. The molecule has 0 aliphatic heterocycles. The van der Waals surface area contributed by atoms with Gasteiger partial charge in [0.2, 0.25) is 0 Å². The molecule has 2 aromatic rings. The molecule has 106 valence electrons. The summed E-state index contributed by atoms with van der Waals surface area (Å²) in [6, 6.07) is 16.5. The lowest BCUT2D eigenvalue weighted by molar-refractivity contribution is 0.318. The molecule has 2 aromatic carbocycles. The summed E-state index contributed by atoms with van der Waals surface area (Å²) in [6.07, 6.45) is 1.04. The number of benzene rings is 2. The minimum atomic E-state index is 0.577. The summed E-state index contributed by atoms with van der Waals surface area (Å²) in [6.45, 7) is 3.48. The number of aryl methyl sites for hydroxylation is 1. The summed E-state index contributed by atoms with van der Waals surface area (Å²) in [5.74, 6) is 1.99. The number of thioether (sulfide) groups is 1. The number of hydrogen-bond acceptors (Lipinski definition) is 3. The van der Waals surface area contributed by atoms with Gasteiger partial charge in [0.15, 0.2) is 0 Å². The molecule has 0 atom stereocenters. The second-order valence-corrected chi connectivity index (χ2v) is 5.80. The summed E-state index contributed by atoms with van der Waals surface area (Å²) in [5.41, 5.74) is 8.04. The molecule has 0 aliphatic carbocycles. The number of ether oxygens (including phenoxy) is 1. The molecule has 2 rings (SSSR count). The average molecular weight is 287 g/mol. The lowest BCUT2D eigenvalue weighted by atomic mass is 10.2. The molecular formula is C17H21NOS. The monoisotopic (exact) mass is 287 g/mol. The van der Waals surface area contributed by atoms with Crippen molar-refractivity contribution in [2.24, 2.45) is 5.73 Å². The maximum absolute atomic E-state index is 5.72. The van der Waals surface area contributed by atoms with Crippen molar-refractivity contribution < 1.29 is 4.74 Å². The number of nitrogens with two attached hydrogens (primary N) is 1. The van der Waals surface area contributed by atoms with Crippen molar-refractivity contribution in [2.75, 3.05) is 12.4 Å². The molecule has 0 spiro atoms. The van der Waals surface area contributed by atoms with E-state index in [9.17, 15) is 0 Å². The number of rotatable bonds is 7. The molecule has 0 fully saturated rings. The first-order valence-electron chi connectivity index (χ1n) is 6.90. The van der Waals surface area contributed by atoms with Crippen LogP contribution in [0.2, 0.25) is 0 Å². The highest BCUT2D eigenvalue weighted by Gasteiger charge is 1.98. The van der Waals surface area contributed by atoms with Gasteiger partial charge in [0.05, 0.1) is 6.61 Å². The van der Waals surface area contributed by atoms with E-state index < -0.39 is 0 Å². The molecular weight excluding hydrogens is 266 g/mol. The van der Waals surface area contributed by atoms with E-state index in [0.29, 0.717) is 6.54 Å². The van der Waals surface area contributed by atoms with Gasteiger partial charge in [-0.1, -0.05) is 30.3 Å². The van der Waals surface area contributed by atoms with E-state index >= 15 is 0 Å². The SMILES string of the molecule is Cc1ccccc1SCCCOc1ccc(CN)cc1. The molecule has 0 amide bonds. The van der Waals surface area contributed by atoms with Crippen LogP contribution in [0.15, 0.2) is 53.4 Å². The van der Waals surface area contributed by atoms with Gasteiger partial charge in [0.25, 0.3) is 0 Å². The first-order chi connectivity index (χ1) is 9.79. The van der Waals surface area contributed by atoms with Gasteiger partial charge in [0.1, 0.15) is 5.75 Å². The minimum absolute atomic E-state index is 0.577. The van der Waals surface area contributed by atoms with Crippen LogP contribution in [-0.4, -0.2) is 12.4 Å². The van der Waals surface area contributed by atoms with Crippen molar-refractivity contribution in [1.29, 1.82) is 0 Å². The van der Waals surface area contributed by atoms with Crippen molar-refractivity contribution in [2.45, 2.75) is 24.8 Å². The molecule has 0 aromatic heterocycles. The molecule has 2 N–H and O–H groups in total. The van der Waals surface area contributed by atoms with Crippen molar-refractivity contribution in [1.82, 2.24) is 0 Å². The highest BCUT2D eigenvalue weighted by molar-refractivity contribution is 7.99. The Bertz CT molecular complexity index is 525. The molecule has 0 bridgehead atoms. The Labute approximate surface area is 125 Å². The molecule has 0 saturated carbocycles. The largest absolute Gasteiger partial charge is 0.494 e. The molecule has 0 radical (unpaired) electrons. The molecule has 20 heavy (non-hydrogen) atoms. The summed E-state index contributed by atoms with van der Waals surface area (Å²) in [5, 5.41) is 0. The molecule has 2 nitrogen and oxygen atoms in total. The van der Waals surface area contributed by atoms with E-state index in [1.807, 2.05) is 36.0 Å². The van der Waals surface area contributed by atoms with Gasteiger partial charge in [-0.05, 0) is 42.7 Å². The summed E-state index contributed by atoms with van der Waals surface area (Å²) in [4.78, 5) is 1.36. The first kappa shape index (κ1) is 14.9. The van der Waals surface area contributed by atoms with Crippen LogP contribution in [0.25, 0.3) is 0 Å². The van der Waals surface area contributed by atoms with Gasteiger partial charge in [-0.25, -0.2) is 0 Å². The molecule has 3 heteroatoms. The fourth-order valence-corrected chi connectivity index (χ4v) is 2.82. The first-order valence-corrected chi connectivity index (χ1v) is 7.88. The van der Waals surface area contributed by atoms with Crippen LogP contribution < -0.4 is 10.5 Å². The Kier molecular flexibility index (Phi) is 5.96. The van der Waals surface area contributed by atoms with Crippen LogP contribution in [-0.2, 0) is 6.54 Å². The van der Waals surface area contributed by atoms with E-state index in [1.165, 1.54) is 10.5 Å². The Morgan fingerprint density at radius 1 is 1.05 bits per heavy atom. The van der Waals surface area contributed by atoms with Crippen molar-refractivity contribution in [3.8, 4) is 5.75 Å². The van der Waals surface area contributed by atoms with E-state index in [0.717, 1.165) is 30.1 Å². The standard InChI is InChI=1S/C17H21NOS/c1-14-5-2-3-6-17(14)20-12-4-11-19-16-9-7-15(13-18)8-10-16/h2-3,5-10H,4,11-13,18H2,1H3. The van der Waals surface area contributed by atoms with Gasteiger partial charge < -0.3 is 10.5 Å². The second-order valence-electron chi connectivity index (χ2n) is 4.66. The van der Waals surface area contributed by atoms with Gasteiger partial charge in [-0.2, -0.15) is 0 Å². The van der Waals surface area contributed by atoms with E-state index in [4.69, 9.17) is 10.5 Å². The summed E-state index contributed by atoms with van der Waals surface area (Å²) >= 11 is 1.89. The Morgan fingerprint density at radius 3 is 2.50 bits per heavy atom. The van der Waals surface area contributed by atoms with Gasteiger partial charge in [-0.3, -0.25) is 0 Å².